The minimum absolute atomic E-state index is 0.173. The third-order valence-corrected chi connectivity index (χ3v) is 4.32. The quantitative estimate of drug-likeness (QED) is 0.833. The molecule has 0 aromatic heterocycles. The molecular weight excluding hydrogens is 266 g/mol. The SMILES string of the molecule is CC1CN(C(=O)O)CC(C)C1(O)c1ccc(Cl)cc1. The molecule has 1 amide bonds. The number of benzene rings is 1. The van der Waals surface area contributed by atoms with Crippen LogP contribution in [0.15, 0.2) is 24.3 Å². The highest BCUT2D eigenvalue weighted by Gasteiger charge is 2.46. The summed E-state index contributed by atoms with van der Waals surface area (Å²) >= 11 is 5.87. The molecule has 2 N–H and O–H groups in total. The monoisotopic (exact) mass is 283 g/mol. The first-order valence-electron chi connectivity index (χ1n) is 6.32. The van der Waals surface area contributed by atoms with Crippen molar-refractivity contribution in [2.75, 3.05) is 13.1 Å². The molecule has 0 aliphatic carbocycles. The fourth-order valence-electron chi connectivity index (χ4n) is 2.94. The lowest BCUT2D eigenvalue weighted by atomic mass is 9.71. The van der Waals surface area contributed by atoms with Crippen molar-refractivity contribution in [2.24, 2.45) is 11.8 Å². The average molecular weight is 284 g/mol. The predicted octanol–water partition coefficient (Wildman–Crippen LogP) is 2.79. The molecule has 104 valence electrons. The van der Waals surface area contributed by atoms with Crippen LogP contribution in [0, 0.1) is 11.8 Å². The molecule has 0 spiro atoms. The third kappa shape index (κ3) is 2.42. The van der Waals surface area contributed by atoms with E-state index in [0.717, 1.165) is 5.56 Å². The lowest BCUT2D eigenvalue weighted by Gasteiger charge is -2.47. The van der Waals surface area contributed by atoms with Gasteiger partial charge in [-0.2, -0.15) is 0 Å². The van der Waals surface area contributed by atoms with Crippen LogP contribution in [-0.2, 0) is 5.60 Å². The Balaban J connectivity index is 2.32. The van der Waals surface area contributed by atoms with Gasteiger partial charge in [-0.25, -0.2) is 4.79 Å². The molecule has 19 heavy (non-hydrogen) atoms. The van der Waals surface area contributed by atoms with Crippen LogP contribution in [0.1, 0.15) is 19.4 Å². The van der Waals surface area contributed by atoms with Gasteiger partial charge in [-0.15, -0.1) is 0 Å². The maximum Gasteiger partial charge on any atom is 0.407 e. The molecule has 4 nitrogen and oxygen atoms in total. The van der Waals surface area contributed by atoms with Crippen molar-refractivity contribution in [3.63, 3.8) is 0 Å². The number of rotatable bonds is 1. The number of hydrogen-bond acceptors (Lipinski definition) is 2. The minimum atomic E-state index is -1.02. The minimum Gasteiger partial charge on any atom is -0.465 e. The fraction of sp³-hybridized carbons (Fsp3) is 0.500. The number of halogens is 1. The molecule has 0 radical (unpaired) electrons. The lowest BCUT2D eigenvalue weighted by molar-refractivity contribution is -0.106. The Morgan fingerprint density at radius 1 is 1.26 bits per heavy atom. The average Bonchev–Trinajstić information content (AvgIpc) is 2.36. The number of nitrogens with zero attached hydrogens (tertiary/aromatic N) is 1. The summed E-state index contributed by atoms with van der Waals surface area (Å²) in [6.45, 7) is 4.41. The topological polar surface area (TPSA) is 60.8 Å². The molecule has 1 aliphatic rings. The van der Waals surface area contributed by atoms with Crippen molar-refractivity contribution in [1.29, 1.82) is 0 Å². The van der Waals surface area contributed by atoms with Crippen LogP contribution in [0.2, 0.25) is 5.02 Å². The molecule has 1 saturated heterocycles. The number of piperidine rings is 1. The van der Waals surface area contributed by atoms with E-state index in [1.165, 1.54) is 4.90 Å². The van der Waals surface area contributed by atoms with Gasteiger partial charge in [-0.05, 0) is 17.7 Å². The molecule has 1 fully saturated rings. The van der Waals surface area contributed by atoms with E-state index in [2.05, 4.69) is 0 Å². The van der Waals surface area contributed by atoms with Gasteiger partial charge in [0, 0.05) is 29.9 Å². The highest BCUT2D eigenvalue weighted by molar-refractivity contribution is 6.30. The second kappa shape index (κ2) is 5.02. The first-order valence-corrected chi connectivity index (χ1v) is 6.69. The van der Waals surface area contributed by atoms with Crippen molar-refractivity contribution < 1.29 is 15.0 Å². The van der Waals surface area contributed by atoms with E-state index in [-0.39, 0.29) is 11.8 Å². The number of carbonyl (C=O) groups is 1. The van der Waals surface area contributed by atoms with E-state index in [9.17, 15) is 9.90 Å². The number of hydrogen-bond donors (Lipinski definition) is 2. The largest absolute Gasteiger partial charge is 0.465 e. The highest BCUT2D eigenvalue weighted by atomic mass is 35.5. The van der Waals surface area contributed by atoms with E-state index in [1.807, 2.05) is 26.0 Å². The zero-order chi connectivity index (χ0) is 14.2. The van der Waals surface area contributed by atoms with E-state index >= 15 is 0 Å². The summed E-state index contributed by atoms with van der Waals surface area (Å²) in [6, 6.07) is 7.12. The third-order valence-electron chi connectivity index (χ3n) is 4.07. The second-order valence-corrected chi connectivity index (χ2v) is 5.76. The summed E-state index contributed by atoms with van der Waals surface area (Å²) in [7, 11) is 0. The van der Waals surface area contributed by atoms with Crippen LogP contribution >= 0.6 is 11.6 Å². The van der Waals surface area contributed by atoms with Crippen LogP contribution in [0.4, 0.5) is 4.79 Å². The van der Waals surface area contributed by atoms with Gasteiger partial charge < -0.3 is 15.1 Å². The van der Waals surface area contributed by atoms with Gasteiger partial charge in [0.05, 0.1) is 5.60 Å². The molecular formula is C14H18ClNO3. The van der Waals surface area contributed by atoms with Gasteiger partial charge >= 0.3 is 6.09 Å². The van der Waals surface area contributed by atoms with Gasteiger partial charge in [0.25, 0.3) is 0 Å². The van der Waals surface area contributed by atoms with Gasteiger partial charge in [0.2, 0.25) is 0 Å². The van der Waals surface area contributed by atoms with E-state index in [4.69, 9.17) is 16.7 Å². The Hall–Kier alpha value is -1.26. The molecule has 1 heterocycles. The Bertz CT molecular complexity index is 462. The van der Waals surface area contributed by atoms with E-state index in [0.29, 0.717) is 18.1 Å². The molecule has 1 aromatic carbocycles. The van der Waals surface area contributed by atoms with Gasteiger partial charge in [-0.3, -0.25) is 0 Å². The number of aliphatic hydroxyl groups is 1. The first kappa shape index (κ1) is 14.2. The smallest absolute Gasteiger partial charge is 0.407 e. The lowest BCUT2D eigenvalue weighted by Crippen LogP contribution is -2.55. The van der Waals surface area contributed by atoms with Gasteiger partial charge in [-0.1, -0.05) is 37.6 Å². The number of carboxylic acid groups (broad SMARTS) is 1. The zero-order valence-corrected chi connectivity index (χ0v) is 11.8. The standard InChI is InChI=1S/C14H18ClNO3/c1-9-7-16(13(17)18)8-10(2)14(9,19)11-3-5-12(15)6-4-11/h3-6,9-10,19H,7-8H2,1-2H3,(H,17,18). The fourth-order valence-corrected chi connectivity index (χ4v) is 3.07. The molecule has 0 bridgehead atoms. The Morgan fingerprint density at radius 3 is 2.16 bits per heavy atom. The summed E-state index contributed by atoms with van der Waals surface area (Å²) in [4.78, 5) is 12.4. The number of amides is 1. The predicted molar refractivity (Wildman–Crippen MR) is 73.3 cm³/mol. The normalized spacial score (nSPS) is 31.3. The molecule has 1 aromatic rings. The van der Waals surface area contributed by atoms with Crippen LogP contribution in [-0.4, -0.2) is 34.3 Å². The van der Waals surface area contributed by atoms with Crippen molar-refractivity contribution in [3.05, 3.63) is 34.9 Å². The van der Waals surface area contributed by atoms with Crippen LogP contribution < -0.4 is 0 Å². The van der Waals surface area contributed by atoms with Crippen molar-refractivity contribution in [3.8, 4) is 0 Å². The van der Waals surface area contributed by atoms with Crippen molar-refractivity contribution in [2.45, 2.75) is 19.4 Å². The zero-order valence-electron chi connectivity index (χ0n) is 11.0. The Morgan fingerprint density at radius 2 is 1.74 bits per heavy atom. The van der Waals surface area contributed by atoms with E-state index < -0.39 is 11.7 Å². The molecule has 0 saturated carbocycles. The maximum atomic E-state index is 11.1. The van der Waals surface area contributed by atoms with Gasteiger partial charge in [0.15, 0.2) is 0 Å². The molecule has 1 aliphatic heterocycles. The van der Waals surface area contributed by atoms with Gasteiger partial charge in [0.1, 0.15) is 0 Å². The summed E-state index contributed by atoms with van der Waals surface area (Å²) in [5, 5.41) is 20.7. The van der Waals surface area contributed by atoms with Crippen LogP contribution in [0.5, 0.6) is 0 Å². The van der Waals surface area contributed by atoms with E-state index in [1.54, 1.807) is 12.1 Å². The maximum absolute atomic E-state index is 11.1. The van der Waals surface area contributed by atoms with Crippen molar-refractivity contribution >= 4 is 17.7 Å². The summed E-state index contributed by atoms with van der Waals surface area (Å²) < 4.78 is 0. The highest BCUT2D eigenvalue weighted by Crippen LogP contribution is 2.41. The summed E-state index contributed by atoms with van der Waals surface area (Å²) in [6.07, 6.45) is -0.933. The Kier molecular flexibility index (Phi) is 3.74. The summed E-state index contributed by atoms with van der Waals surface area (Å²) in [5.74, 6) is -0.345. The molecule has 2 rings (SSSR count). The second-order valence-electron chi connectivity index (χ2n) is 5.32. The Labute approximate surface area is 117 Å². The molecule has 2 unspecified atom stereocenters. The molecule has 2 atom stereocenters. The van der Waals surface area contributed by atoms with Crippen molar-refractivity contribution in [1.82, 2.24) is 4.90 Å². The summed E-state index contributed by atoms with van der Waals surface area (Å²) in [5.41, 5.74) is -0.224. The van der Waals surface area contributed by atoms with Crippen LogP contribution in [0.3, 0.4) is 0 Å². The number of likely N-dealkylation sites (tertiary alicyclic amines) is 1. The molecule has 5 heteroatoms. The first-order chi connectivity index (χ1) is 8.85. The van der Waals surface area contributed by atoms with Crippen LogP contribution in [0.25, 0.3) is 0 Å².